The Morgan fingerprint density at radius 3 is 2.56 bits per heavy atom. The van der Waals surface area contributed by atoms with Gasteiger partial charge in [-0.3, -0.25) is 14.1 Å². The van der Waals surface area contributed by atoms with Crippen molar-refractivity contribution < 1.29 is 4.74 Å². The fourth-order valence-electron chi connectivity index (χ4n) is 3.95. The molecule has 8 heteroatoms. The second-order valence-corrected chi connectivity index (χ2v) is 7.58. The first-order valence-electron chi connectivity index (χ1n) is 9.87. The Kier molecular flexibility index (Phi) is 6.16. The molecule has 1 fully saturated rings. The van der Waals surface area contributed by atoms with Crippen molar-refractivity contribution in [3.63, 3.8) is 0 Å². The van der Waals surface area contributed by atoms with Crippen LogP contribution >= 0.6 is 0 Å². The highest BCUT2D eigenvalue weighted by molar-refractivity contribution is 5.35. The largest absolute Gasteiger partial charge is 0.383 e. The number of aryl methyl sites for hydroxylation is 2. The van der Waals surface area contributed by atoms with E-state index in [4.69, 9.17) is 4.74 Å². The molecule has 150 valence electrons. The molecule has 27 heavy (non-hydrogen) atoms. The maximum atomic E-state index is 5.35. The van der Waals surface area contributed by atoms with E-state index in [-0.39, 0.29) is 0 Å². The number of aromatic nitrogens is 5. The van der Waals surface area contributed by atoms with Crippen LogP contribution in [0.3, 0.4) is 0 Å². The van der Waals surface area contributed by atoms with Gasteiger partial charge < -0.3 is 9.64 Å². The minimum absolute atomic E-state index is 0.396. The molecule has 2 aromatic rings. The fourth-order valence-corrected chi connectivity index (χ4v) is 3.95. The average Bonchev–Trinajstić information content (AvgIpc) is 3.17. The van der Waals surface area contributed by atoms with Gasteiger partial charge in [-0.25, -0.2) is 0 Å². The standard InChI is InChI=1S/C19H33N7O/c1-7-23-11-17(5)25(12-16(23)4)19-21-20-18(24(19)8-9-27-6)13-26-15(3)10-14(2)22-26/h10,16-17H,7-9,11-13H2,1-6H3. The second kappa shape index (κ2) is 8.39. The van der Waals surface area contributed by atoms with Crippen molar-refractivity contribution in [2.75, 3.05) is 38.3 Å². The molecule has 0 spiro atoms. The van der Waals surface area contributed by atoms with Crippen LogP contribution in [0.2, 0.25) is 0 Å². The van der Waals surface area contributed by atoms with Crippen LogP contribution in [0.4, 0.5) is 5.95 Å². The number of hydrogen-bond donors (Lipinski definition) is 0. The lowest BCUT2D eigenvalue weighted by molar-refractivity contribution is 0.170. The van der Waals surface area contributed by atoms with Gasteiger partial charge in [0.2, 0.25) is 5.95 Å². The van der Waals surface area contributed by atoms with Crippen LogP contribution in [0.1, 0.15) is 38.0 Å². The zero-order valence-electron chi connectivity index (χ0n) is 17.5. The van der Waals surface area contributed by atoms with Gasteiger partial charge in [0.25, 0.3) is 0 Å². The summed E-state index contributed by atoms with van der Waals surface area (Å²) >= 11 is 0. The van der Waals surface area contributed by atoms with Crippen LogP contribution in [0.15, 0.2) is 6.07 Å². The molecule has 2 atom stereocenters. The number of nitrogens with zero attached hydrogens (tertiary/aromatic N) is 7. The van der Waals surface area contributed by atoms with E-state index in [1.54, 1.807) is 7.11 Å². The van der Waals surface area contributed by atoms with Crippen molar-refractivity contribution in [3.05, 3.63) is 23.3 Å². The summed E-state index contributed by atoms with van der Waals surface area (Å²) in [5.74, 6) is 1.87. The predicted octanol–water partition coefficient (Wildman–Crippen LogP) is 1.71. The van der Waals surface area contributed by atoms with Crippen LogP contribution in [0.5, 0.6) is 0 Å². The lowest BCUT2D eigenvalue weighted by Crippen LogP contribution is -2.57. The maximum absolute atomic E-state index is 5.35. The van der Waals surface area contributed by atoms with Crippen molar-refractivity contribution in [2.45, 2.75) is 59.8 Å². The predicted molar refractivity (Wildman–Crippen MR) is 106 cm³/mol. The van der Waals surface area contributed by atoms with Crippen LogP contribution in [0.25, 0.3) is 0 Å². The summed E-state index contributed by atoms with van der Waals surface area (Å²) in [6.07, 6.45) is 0. The lowest BCUT2D eigenvalue weighted by Gasteiger charge is -2.44. The smallest absolute Gasteiger partial charge is 0.227 e. The third-order valence-corrected chi connectivity index (χ3v) is 5.50. The molecule has 3 rings (SSSR count). The highest BCUT2D eigenvalue weighted by atomic mass is 16.5. The van der Waals surface area contributed by atoms with Gasteiger partial charge in [-0.05, 0) is 40.3 Å². The highest BCUT2D eigenvalue weighted by Crippen LogP contribution is 2.23. The van der Waals surface area contributed by atoms with E-state index in [0.29, 0.717) is 25.2 Å². The molecule has 0 radical (unpaired) electrons. The molecule has 0 amide bonds. The Hall–Kier alpha value is -1.93. The third-order valence-electron chi connectivity index (χ3n) is 5.50. The molecule has 8 nitrogen and oxygen atoms in total. The summed E-state index contributed by atoms with van der Waals surface area (Å²) in [7, 11) is 1.73. The van der Waals surface area contributed by atoms with Crippen molar-refractivity contribution in [1.29, 1.82) is 0 Å². The van der Waals surface area contributed by atoms with Gasteiger partial charge in [0.15, 0.2) is 5.82 Å². The van der Waals surface area contributed by atoms with Crippen molar-refractivity contribution >= 4 is 5.95 Å². The van der Waals surface area contributed by atoms with Crippen LogP contribution in [0, 0.1) is 13.8 Å². The Bertz CT molecular complexity index is 753. The Morgan fingerprint density at radius 2 is 1.93 bits per heavy atom. The molecule has 1 aliphatic rings. The summed E-state index contributed by atoms with van der Waals surface area (Å²) < 4.78 is 9.54. The Balaban J connectivity index is 1.89. The SMILES string of the molecule is CCN1CC(C)N(c2nnc(Cn3nc(C)cc3C)n2CCOC)CC1C. The van der Waals surface area contributed by atoms with E-state index >= 15 is 0 Å². The molecule has 0 bridgehead atoms. The van der Waals surface area contributed by atoms with Gasteiger partial charge in [0.1, 0.15) is 6.54 Å². The van der Waals surface area contributed by atoms with E-state index in [2.05, 4.69) is 63.4 Å². The molecule has 1 aliphatic heterocycles. The maximum Gasteiger partial charge on any atom is 0.227 e. The van der Waals surface area contributed by atoms with E-state index < -0.39 is 0 Å². The monoisotopic (exact) mass is 375 g/mol. The summed E-state index contributed by atoms with van der Waals surface area (Å²) in [5.41, 5.74) is 2.16. The lowest BCUT2D eigenvalue weighted by atomic mass is 10.1. The summed E-state index contributed by atoms with van der Waals surface area (Å²) in [6.45, 7) is 15.9. The van der Waals surface area contributed by atoms with Crippen LogP contribution < -0.4 is 4.90 Å². The van der Waals surface area contributed by atoms with E-state index in [1.807, 2.05) is 11.6 Å². The van der Waals surface area contributed by atoms with Crippen molar-refractivity contribution in [3.8, 4) is 0 Å². The number of methoxy groups -OCH3 is 1. The van der Waals surface area contributed by atoms with E-state index in [0.717, 1.165) is 49.3 Å². The quantitative estimate of drug-likeness (QED) is 0.734. The summed E-state index contributed by atoms with van der Waals surface area (Å²) in [6, 6.07) is 2.98. The van der Waals surface area contributed by atoms with Gasteiger partial charge in [-0.2, -0.15) is 5.10 Å². The second-order valence-electron chi connectivity index (χ2n) is 7.58. The molecule has 0 N–H and O–H groups in total. The zero-order valence-corrected chi connectivity index (χ0v) is 17.5. The molecule has 3 heterocycles. The molecule has 0 aliphatic carbocycles. The van der Waals surface area contributed by atoms with Crippen molar-refractivity contribution in [2.24, 2.45) is 0 Å². The van der Waals surface area contributed by atoms with Crippen LogP contribution in [-0.4, -0.2) is 74.9 Å². The first-order chi connectivity index (χ1) is 12.9. The topological polar surface area (TPSA) is 64.2 Å². The Morgan fingerprint density at radius 1 is 1.15 bits per heavy atom. The Labute approximate surface area is 162 Å². The first-order valence-corrected chi connectivity index (χ1v) is 9.87. The van der Waals surface area contributed by atoms with E-state index in [9.17, 15) is 0 Å². The van der Waals surface area contributed by atoms with E-state index in [1.165, 1.54) is 0 Å². The molecule has 0 saturated carbocycles. The average molecular weight is 376 g/mol. The normalized spacial score (nSPS) is 21.2. The zero-order chi connectivity index (χ0) is 19.6. The van der Waals surface area contributed by atoms with Crippen molar-refractivity contribution in [1.82, 2.24) is 29.4 Å². The van der Waals surface area contributed by atoms with Gasteiger partial charge in [-0.1, -0.05) is 6.92 Å². The van der Waals surface area contributed by atoms with Gasteiger partial charge in [-0.15, -0.1) is 10.2 Å². The molecule has 2 unspecified atom stereocenters. The number of rotatable bonds is 7. The number of anilines is 1. The first kappa shape index (κ1) is 19.8. The van der Waals surface area contributed by atoms with Gasteiger partial charge >= 0.3 is 0 Å². The van der Waals surface area contributed by atoms with Crippen LogP contribution in [-0.2, 0) is 17.8 Å². The number of likely N-dealkylation sites (N-methyl/N-ethyl adjacent to an activating group) is 1. The third kappa shape index (κ3) is 4.16. The number of ether oxygens (including phenoxy) is 1. The minimum Gasteiger partial charge on any atom is -0.383 e. The number of hydrogen-bond acceptors (Lipinski definition) is 6. The molecular weight excluding hydrogens is 342 g/mol. The minimum atomic E-state index is 0.396. The molecule has 2 aromatic heterocycles. The molecule has 0 aromatic carbocycles. The number of piperazine rings is 1. The fraction of sp³-hybridized carbons (Fsp3) is 0.737. The molecule has 1 saturated heterocycles. The van der Waals surface area contributed by atoms with Gasteiger partial charge in [0, 0.05) is 38.0 Å². The molecular formula is C19H33N7O. The summed E-state index contributed by atoms with van der Waals surface area (Å²) in [4.78, 5) is 4.91. The van der Waals surface area contributed by atoms with Gasteiger partial charge in [0.05, 0.1) is 18.8 Å². The summed E-state index contributed by atoms with van der Waals surface area (Å²) in [5, 5.41) is 13.7. The highest BCUT2D eigenvalue weighted by Gasteiger charge is 2.31.